The summed E-state index contributed by atoms with van der Waals surface area (Å²) in [6, 6.07) is 15.5. The van der Waals surface area contributed by atoms with Gasteiger partial charge in [-0.2, -0.15) is 15.4 Å². The van der Waals surface area contributed by atoms with Crippen LogP contribution < -0.4 is 16.4 Å². The molecule has 5 N–H and O–H groups in total. The zero-order chi connectivity index (χ0) is 17.9. The van der Waals surface area contributed by atoms with Gasteiger partial charge in [0.1, 0.15) is 22.7 Å². The van der Waals surface area contributed by atoms with Crippen LogP contribution in [0.5, 0.6) is 0 Å². The maximum atomic E-state index is 13.0. The molecule has 2 aromatic heterocycles. The summed E-state index contributed by atoms with van der Waals surface area (Å²) < 4.78 is 13.0. The number of nitrogen functional groups attached to an aromatic ring is 1. The van der Waals surface area contributed by atoms with Crippen molar-refractivity contribution in [2.75, 3.05) is 16.4 Å². The molecule has 0 aliphatic heterocycles. The lowest BCUT2D eigenvalue weighted by Gasteiger charge is -2.11. The van der Waals surface area contributed by atoms with Crippen LogP contribution >= 0.6 is 0 Å². The summed E-state index contributed by atoms with van der Waals surface area (Å²) >= 11 is 0. The minimum absolute atomic E-state index is 0.255. The molecule has 4 rings (SSSR count). The van der Waals surface area contributed by atoms with Gasteiger partial charge in [-0.05, 0) is 48.0 Å². The molecule has 0 saturated carbocycles. The average Bonchev–Trinajstić information content (AvgIpc) is 3.11. The van der Waals surface area contributed by atoms with Crippen molar-refractivity contribution in [2.24, 2.45) is 0 Å². The zero-order valence-corrected chi connectivity index (χ0v) is 13.7. The van der Waals surface area contributed by atoms with Gasteiger partial charge in [0.15, 0.2) is 5.82 Å². The van der Waals surface area contributed by atoms with Gasteiger partial charge in [0.05, 0.1) is 5.69 Å². The van der Waals surface area contributed by atoms with Gasteiger partial charge in [0, 0.05) is 12.2 Å². The van der Waals surface area contributed by atoms with Crippen LogP contribution in [0, 0.1) is 5.82 Å². The summed E-state index contributed by atoms with van der Waals surface area (Å²) in [5.74, 6) is 0.945. The lowest BCUT2D eigenvalue weighted by molar-refractivity contribution is 0.627. The number of pyridine rings is 1. The third kappa shape index (κ3) is 3.39. The normalized spacial score (nSPS) is 10.8. The molecule has 0 amide bonds. The van der Waals surface area contributed by atoms with Crippen molar-refractivity contribution >= 4 is 34.0 Å². The van der Waals surface area contributed by atoms with E-state index in [1.54, 1.807) is 24.3 Å². The molecule has 0 aliphatic carbocycles. The van der Waals surface area contributed by atoms with Crippen LogP contribution in [0.3, 0.4) is 0 Å². The Balaban J connectivity index is 1.50. The first-order valence-corrected chi connectivity index (χ1v) is 8.00. The first-order valence-electron chi connectivity index (χ1n) is 8.00. The number of anilines is 4. The monoisotopic (exact) mass is 349 g/mol. The van der Waals surface area contributed by atoms with Crippen molar-refractivity contribution in [2.45, 2.75) is 6.54 Å². The molecular formula is C18H16FN7. The minimum atomic E-state index is -0.255. The maximum Gasteiger partial charge on any atom is 0.156 e. The number of hydrogen-bond acceptors (Lipinski definition) is 6. The quantitative estimate of drug-likeness (QED) is 0.440. The van der Waals surface area contributed by atoms with Gasteiger partial charge in [-0.1, -0.05) is 12.1 Å². The molecule has 0 aliphatic rings. The van der Waals surface area contributed by atoms with E-state index in [4.69, 9.17) is 5.73 Å². The molecule has 0 saturated heterocycles. The highest BCUT2D eigenvalue weighted by atomic mass is 19.1. The number of aromatic nitrogens is 4. The Labute approximate surface area is 148 Å². The molecule has 0 atom stereocenters. The predicted octanol–water partition coefficient (Wildman–Crippen LogP) is 3.43. The Morgan fingerprint density at radius 3 is 2.62 bits per heavy atom. The predicted molar refractivity (Wildman–Crippen MR) is 99.5 cm³/mol. The second-order valence-electron chi connectivity index (χ2n) is 5.77. The zero-order valence-electron chi connectivity index (χ0n) is 13.7. The number of aromatic amines is 1. The molecule has 2 aromatic carbocycles. The number of H-pyrrole nitrogens is 1. The highest BCUT2D eigenvalue weighted by molar-refractivity contribution is 5.80. The van der Waals surface area contributed by atoms with Crippen LogP contribution in [0.25, 0.3) is 11.0 Å². The Bertz CT molecular complexity index is 1040. The second kappa shape index (κ2) is 6.67. The van der Waals surface area contributed by atoms with Crippen LogP contribution in [-0.4, -0.2) is 20.4 Å². The second-order valence-corrected chi connectivity index (χ2v) is 5.77. The number of nitrogens with zero attached hydrogens (tertiary/aromatic N) is 3. The fraction of sp³-hybridized carbons (Fsp3) is 0.0556. The van der Waals surface area contributed by atoms with Crippen molar-refractivity contribution in [1.82, 2.24) is 20.4 Å². The van der Waals surface area contributed by atoms with Crippen LogP contribution in [0.1, 0.15) is 5.56 Å². The number of nitrogens with one attached hydrogen (secondary N) is 3. The van der Waals surface area contributed by atoms with E-state index in [2.05, 4.69) is 31.0 Å². The van der Waals surface area contributed by atoms with Crippen molar-refractivity contribution in [3.8, 4) is 0 Å². The van der Waals surface area contributed by atoms with Crippen LogP contribution in [0.2, 0.25) is 0 Å². The van der Waals surface area contributed by atoms with Gasteiger partial charge in [0.2, 0.25) is 0 Å². The molecule has 26 heavy (non-hydrogen) atoms. The van der Waals surface area contributed by atoms with Gasteiger partial charge in [0.25, 0.3) is 0 Å². The van der Waals surface area contributed by atoms with Crippen LogP contribution in [-0.2, 0) is 6.54 Å². The van der Waals surface area contributed by atoms with E-state index in [1.807, 2.05) is 18.2 Å². The lowest BCUT2D eigenvalue weighted by Crippen LogP contribution is -2.05. The van der Waals surface area contributed by atoms with E-state index in [9.17, 15) is 4.39 Å². The van der Waals surface area contributed by atoms with E-state index in [-0.39, 0.29) is 5.82 Å². The summed E-state index contributed by atoms with van der Waals surface area (Å²) in [6.07, 6.45) is 0. The van der Waals surface area contributed by atoms with E-state index >= 15 is 0 Å². The van der Waals surface area contributed by atoms with Crippen molar-refractivity contribution in [3.63, 3.8) is 0 Å². The standard InChI is InChI=1S/C18H16FN7/c19-12-3-1-11(2-4-12)10-21-17-8-6-14(20)18(23-17)22-13-5-7-15-16(9-13)25-26-24-15/h1-9H,10,20H2,(H2,21,22,23)(H,24,25,26). The van der Waals surface area contributed by atoms with Gasteiger partial charge in [-0.3, -0.25) is 0 Å². The smallest absolute Gasteiger partial charge is 0.156 e. The van der Waals surface area contributed by atoms with E-state index in [1.165, 1.54) is 12.1 Å². The van der Waals surface area contributed by atoms with Gasteiger partial charge >= 0.3 is 0 Å². The summed E-state index contributed by atoms with van der Waals surface area (Å²) in [4.78, 5) is 4.50. The van der Waals surface area contributed by atoms with Crippen molar-refractivity contribution < 1.29 is 4.39 Å². The topological polar surface area (TPSA) is 105 Å². The van der Waals surface area contributed by atoms with Gasteiger partial charge < -0.3 is 16.4 Å². The average molecular weight is 349 g/mol. The molecule has 130 valence electrons. The molecule has 0 bridgehead atoms. The van der Waals surface area contributed by atoms with Crippen LogP contribution in [0.15, 0.2) is 54.6 Å². The fourth-order valence-electron chi connectivity index (χ4n) is 2.52. The lowest BCUT2D eigenvalue weighted by atomic mass is 10.2. The molecular weight excluding hydrogens is 333 g/mol. The summed E-state index contributed by atoms with van der Waals surface area (Å²) in [7, 11) is 0. The van der Waals surface area contributed by atoms with E-state index in [0.29, 0.717) is 23.9 Å². The molecule has 4 aromatic rings. The SMILES string of the molecule is Nc1ccc(NCc2ccc(F)cc2)nc1Nc1ccc2n[nH]nc2c1. The summed E-state index contributed by atoms with van der Waals surface area (Å²) in [5.41, 5.74) is 9.84. The minimum Gasteiger partial charge on any atom is -0.396 e. The molecule has 2 heterocycles. The Hall–Kier alpha value is -3.68. The first kappa shape index (κ1) is 15.8. The molecule has 0 unspecified atom stereocenters. The summed E-state index contributed by atoms with van der Waals surface area (Å²) in [6.45, 7) is 0.529. The number of nitrogens with two attached hydrogens (primary N) is 1. The highest BCUT2D eigenvalue weighted by Gasteiger charge is 2.06. The number of fused-ring (bicyclic) bond motifs is 1. The maximum absolute atomic E-state index is 13.0. The van der Waals surface area contributed by atoms with Crippen molar-refractivity contribution in [3.05, 3.63) is 66.0 Å². The molecule has 7 nitrogen and oxygen atoms in total. The van der Waals surface area contributed by atoms with E-state index in [0.717, 1.165) is 22.3 Å². The van der Waals surface area contributed by atoms with Gasteiger partial charge in [-0.15, -0.1) is 0 Å². The van der Waals surface area contributed by atoms with Crippen LogP contribution in [0.4, 0.5) is 27.4 Å². The molecule has 0 fully saturated rings. The highest BCUT2D eigenvalue weighted by Crippen LogP contribution is 2.24. The third-order valence-corrected chi connectivity index (χ3v) is 3.89. The first-order chi connectivity index (χ1) is 12.7. The number of benzene rings is 2. The Morgan fingerprint density at radius 1 is 0.962 bits per heavy atom. The molecule has 0 spiro atoms. The number of rotatable bonds is 5. The van der Waals surface area contributed by atoms with Crippen molar-refractivity contribution in [1.29, 1.82) is 0 Å². The molecule has 8 heteroatoms. The van der Waals surface area contributed by atoms with Gasteiger partial charge in [-0.25, -0.2) is 9.37 Å². The third-order valence-electron chi connectivity index (χ3n) is 3.89. The van der Waals surface area contributed by atoms with E-state index < -0.39 is 0 Å². The number of halogens is 1. The summed E-state index contributed by atoms with van der Waals surface area (Å²) in [5, 5.41) is 17.1. The molecule has 0 radical (unpaired) electrons. The Kier molecular flexibility index (Phi) is 4.06. The number of hydrogen-bond donors (Lipinski definition) is 4. The Morgan fingerprint density at radius 2 is 1.77 bits per heavy atom. The fourth-order valence-corrected chi connectivity index (χ4v) is 2.52. The largest absolute Gasteiger partial charge is 0.396 e.